The molecule has 0 fully saturated rings. The molecule has 0 bridgehead atoms. The molecular formula is C15H12N2. The van der Waals surface area contributed by atoms with Crippen LogP contribution in [0.3, 0.4) is 0 Å². The lowest BCUT2D eigenvalue weighted by molar-refractivity contribution is 1.11. The molecule has 0 aliphatic rings. The Morgan fingerprint density at radius 3 is 2.47 bits per heavy atom. The molecule has 0 saturated carbocycles. The minimum Gasteiger partial charge on any atom is -0.242 e. The average molecular weight is 220 g/mol. The zero-order chi connectivity index (χ0) is 11.7. The van der Waals surface area contributed by atoms with E-state index in [-0.39, 0.29) is 0 Å². The summed E-state index contributed by atoms with van der Waals surface area (Å²) in [5, 5.41) is 2.49. The topological polar surface area (TPSA) is 25.8 Å². The Hall–Kier alpha value is -2.22. The smallest absolute Gasteiger partial charge is 0.116 e. The normalized spacial score (nSPS) is 10.6. The van der Waals surface area contributed by atoms with Crippen LogP contribution in [0.2, 0.25) is 0 Å². The molecule has 1 aromatic heterocycles. The summed E-state index contributed by atoms with van der Waals surface area (Å²) in [6.45, 7) is 1.98. The van der Waals surface area contributed by atoms with E-state index in [0.717, 1.165) is 17.0 Å². The number of benzene rings is 2. The van der Waals surface area contributed by atoms with Gasteiger partial charge in [0, 0.05) is 11.3 Å². The van der Waals surface area contributed by atoms with Crippen molar-refractivity contribution in [3.05, 3.63) is 60.6 Å². The average Bonchev–Trinajstić information content (AvgIpc) is 2.38. The second kappa shape index (κ2) is 3.98. The number of hydrogen-bond acceptors (Lipinski definition) is 2. The van der Waals surface area contributed by atoms with Gasteiger partial charge in [0.05, 0.1) is 5.69 Å². The van der Waals surface area contributed by atoms with Crippen molar-refractivity contribution < 1.29 is 0 Å². The first kappa shape index (κ1) is 9.97. The molecule has 0 amide bonds. The number of rotatable bonds is 1. The predicted molar refractivity (Wildman–Crippen MR) is 69.7 cm³/mol. The van der Waals surface area contributed by atoms with Gasteiger partial charge in [-0.1, -0.05) is 36.4 Å². The highest BCUT2D eigenvalue weighted by Crippen LogP contribution is 2.22. The molecule has 0 aliphatic heterocycles. The van der Waals surface area contributed by atoms with Gasteiger partial charge in [-0.15, -0.1) is 0 Å². The summed E-state index contributed by atoms with van der Waals surface area (Å²) in [6.07, 6.45) is 1.61. The van der Waals surface area contributed by atoms with Gasteiger partial charge in [0.15, 0.2) is 0 Å². The fraction of sp³-hybridized carbons (Fsp3) is 0.0667. The van der Waals surface area contributed by atoms with Crippen LogP contribution in [0, 0.1) is 6.92 Å². The van der Waals surface area contributed by atoms with Crippen LogP contribution in [0.15, 0.2) is 54.9 Å². The molecule has 0 spiro atoms. The highest BCUT2D eigenvalue weighted by atomic mass is 14.8. The SMILES string of the molecule is Cc1cc(-c2ccc3ccccc3c2)ncn1. The summed E-state index contributed by atoms with van der Waals surface area (Å²) in [4.78, 5) is 8.42. The van der Waals surface area contributed by atoms with E-state index in [2.05, 4.69) is 52.4 Å². The van der Waals surface area contributed by atoms with E-state index in [4.69, 9.17) is 0 Å². The maximum atomic E-state index is 4.31. The van der Waals surface area contributed by atoms with E-state index in [1.54, 1.807) is 6.33 Å². The van der Waals surface area contributed by atoms with Crippen LogP contribution in [0.1, 0.15) is 5.69 Å². The predicted octanol–water partition coefficient (Wildman–Crippen LogP) is 3.61. The summed E-state index contributed by atoms with van der Waals surface area (Å²) in [6, 6.07) is 16.7. The zero-order valence-electron chi connectivity index (χ0n) is 9.59. The lowest BCUT2D eigenvalue weighted by Crippen LogP contribution is -1.87. The van der Waals surface area contributed by atoms with Crippen molar-refractivity contribution in [3.63, 3.8) is 0 Å². The third kappa shape index (κ3) is 1.89. The lowest BCUT2D eigenvalue weighted by Gasteiger charge is -2.03. The van der Waals surface area contributed by atoms with Gasteiger partial charge >= 0.3 is 0 Å². The minimum atomic E-state index is 0.975. The second-order valence-electron chi connectivity index (χ2n) is 4.11. The van der Waals surface area contributed by atoms with Crippen LogP contribution in [0.25, 0.3) is 22.0 Å². The molecule has 3 rings (SSSR count). The Balaban J connectivity index is 2.18. The van der Waals surface area contributed by atoms with Gasteiger partial charge in [-0.05, 0) is 29.8 Å². The summed E-state index contributed by atoms with van der Waals surface area (Å²) >= 11 is 0. The molecule has 3 aromatic rings. The van der Waals surface area contributed by atoms with Crippen molar-refractivity contribution >= 4 is 10.8 Å². The molecule has 82 valence electrons. The summed E-state index contributed by atoms with van der Waals surface area (Å²) < 4.78 is 0. The first-order valence-corrected chi connectivity index (χ1v) is 5.61. The van der Waals surface area contributed by atoms with Gasteiger partial charge in [0.25, 0.3) is 0 Å². The zero-order valence-corrected chi connectivity index (χ0v) is 9.59. The van der Waals surface area contributed by atoms with Crippen molar-refractivity contribution in [2.75, 3.05) is 0 Å². The summed E-state index contributed by atoms with van der Waals surface area (Å²) in [5.74, 6) is 0. The van der Waals surface area contributed by atoms with Crippen LogP contribution < -0.4 is 0 Å². The van der Waals surface area contributed by atoms with Gasteiger partial charge in [-0.2, -0.15) is 0 Å². The van der Waals surface area contributed by atoms with Crippen molar-refractivity contribution in [1.29, 1.82) is 0 Å². The maximum absolute atomic E-state index is 4.31. The summed E-state index contributed by atoms with van der Waals surface area (Å²) in [5.41, 5.74) is 3.10. The second-order valence-corrected chi connectivity index (χ2v) is 4.11. The van der Waals surface area contributed by atoms with Crippen LogP contribution >= 0.6 is 0 Å². The summed E-state index contributed by atoms with van der Waals surface area (Å²) in [7, 11) is 0. The fourth-order valence-electron chi connectivity index (χ4n) is 1.96. The monoisotopic (exact) mass is 220 g/mol. The largest absolute Gasteiger partial charge is 0.242 e. The third-order valence-corrected chi connectivity index (χ3v) is 2.85. The first-order chi connectivity index (χ1) is 8.33. The van der Waals surface area contributed by atoms with Crippen LogP contribution in [-0.2, 0) is 0 Å². The Kier molecular flexibility index (Phi) is 2.33. The molecule has 17 heavy (non-hydrogen) atoms. The lowest BCUT2D eigenvalue weighted by atomic mass is 10.0. The fourth-order valence-corrected chi connectivity index (χ4v) is 1.96. The van der Waals surface area contributed by atoms with Gasteiger partial charge in [0.2, 0.25) is 0 Å². The van der Waals surface area contributed by atoms with E-state index >= 15 is 0 Å². The Morgan fingerprint density at radius 2 is 1.65 bits per heavy atom. The molecule has 0 N–H and O–H groups in total. The van der Waals surface area contributed by atoms with Gasteiger partial charge < -0.3 is 0 Å². The minimum absolute atomic E-state index is 0.975. The third-order valence-electron chi connectivity index (χ3n) is 2.85. The van der Waals surface area contributed by atoms with E-state index in [1.807, 2.05) is 13.0 Å². The molecular weight excluding hydrogens is 208 g/mol. The molecule has 0 saturated heterocycles. The van der Waals surface area contributed by atoms with E-state index in [9.17, 15) is 0 Å². The number of aryl methyl sites for hydroxylation is 1. The Morgan fingerprint density at radius 1 is 0.824 bits per heavy atom. The standard InChI is InChI=1S/C15H12N2/c1-11-8-15(17-10-16-11)14-7-6-12-4-2-3-5-13(12)9-14/h2-10H,1H3. The molecule has 0 radical (unpaired) electrons. The van der Waals surface area contributed by atoms with Crippen molar-refractivity contribution in [1.82, 2.24) is 9.97 Å². The highest BCUT2D eigenvalue weighted by molar-refractivity contribution is 5.86. The highest BCUT2D eigenvalue weighted by Gasteiger charge is 2.01. The van der Waals surface area contributed by atoms with Crippen molar-refractivity contribution in [2.24, 2.45) is 0 Å². The van der Waals surface area contributed by atoms with Gasteiger partial charge in [-0.25, -0.2) is 9.97 Å². The number of fused-ring (bicyclic) bond motifs is 1. The number of nitrogens with zero attached hydrogens (tertiary/aromatic N) is 2. The van der Waals surface area contributed by atoms with Crippen molar-refractivity contribution in [3.8, 4) is 11.3 Å². The Bertz CT molecular complexity index is 674. The molecule has 2 heteroatoms. The van der Waals surface area contributed by atoms with E-state index in [0.29, 0.717) is 0 Å². The van der Waals surface area contributed by atoms with Gasteiger partial charge in [-0.3, -0.25) is 0 Å². The van der Waals surface area contributed by atoms with E-state index < -0.39 is 0 Å². The number of hydrogen-bond donors (Lipinski definition) is 0. The maximum Gasteiger partial charge on any atom is 0.116 e. The number of aromatic nitrogens is 2. The Labute approximate surface area is 100.0 Å². The molecule has 0 aliphatic carbocycles. The van der Waals surface area contributed by atoms with Crippen LogP contribution in [-0.4, -0.2) is 9.97 Å². The molecule has 2 nitrogen and oxygen atoms in total. The van der Waals surface area contributed by atoms with Crippen LogP contribution in [0.4, 0.5) is 0 Å². The quantitative estimate of drug-likeness (QED) is 0.626. The van der Waals surface area contributed by atoms with Crippen molar-refractivity contribution in [2.45, 2.75) is 6.92 Å². The molecule has 0 unspecified atom stereocenters. The van der Waals surface area contributed by atoms with Gasteiger partial charge in [0.1, 0.15) is 6.33 Å². The molecule has 1 heterocycles. The van der Waals surface area contributed by atoms with E-state index in [1.165, 1.54) is 10.8 Å². The first-order valence-electron chi connectivity index (χ1n) is 5.61. The molecule has 2 aromatic carbocycles. The van der Waals surface area contributed by atoms with Crippen LogP contribution in [0.5, 0.6) is 0 Å². The molecule has 0 atom stereocenters.